The molecular weight excluding hydrogens is 362 g/mol. The van der Waals surface area contributed by atoms with Gasteiger partial charge in [-0.05, 0) is 0 Å². The second-order valence-electron chi connectivity index (χ2n) is 5.35. The van der Waals surface area contributed by atoms with Gasteiger partial charge in [-0.25, -0.2) is 0 Å². The van der Waals surface area contributed by atoms with Crippen LogP contribution in [-0.4, -0.2) is 60.5 Å². The van der Waals surface area contributed by atoms with Gasteiger partial charge >= 0.3 is 8.60 Å². The fourth-order valence-electron chi connectivity index (χ4n) is 1.44. The van der Waals surface area contributed by atoms with Crippen molar-refractivity contribution >= 4 is 40.2 Å². The highest BCUT2D eigenvalue weighted by atomic mass is 32.7. The Balaban J connectivity index is 4.11. The molecule has 0 saturated heterocycles. The van der Waals surface area contributed by atoms with E-state index in [0.29, 0.717) is 6.54 Å². The van der Waals surface area contributed by atoms with Crippen molar-refractivity contribution in [3.05, 3.63) is 0 Å². The summed E-state index contributed by atoms with van der Waals surface area (Å²) in [6.45, 7) is 3.91. The molecule has 0 heterocycles. The first-order valence-corrected chi connectivity index (χ1v) is 10.5. The molecule has 0 aromatic heterocycles. The van der Waals surface area contributed by atoms with Crippen LogP contribution in [0.2, 0.25) is 0 Å². The van der Waals surface area contributed by atoms with E-state index in [1.54, 1.807) is 25.2 Å². The van der Waals surface area contributed by atoms with Crippen LogP contribution in [0.25, 0.3) is 0 Å². The quantitative estimate of drug-likeness (QED) is 0.282. The molecule has 23 heavy (non-hydrogen) atoms. The molecule has 3 unspecified atom stereocenters. The van der Waals surface area contributed by atoms with Gasteiger partial charge in [0.1, 0.15) is 6.10 Å². The van der Waals surface area contributed by atoms with Gasteiger partial charge in [0.15, 0.2) is 0 Å². The molecule has 0 radical (unpaired) electrons. The Morgan fingerprint density at radius 1 is 1.35 bits per heavy atom. The summed E-state index contributed by atoms with van der Waals surface area (Å²) in [4.78, 5) is 32.6. The van der Waals surface area contributed by atoms with Crippen LogP contribution in [0, 0.1) is 5.41 Å². The Labute approximate surface area is 144 Å². The number of aliphatic hydroxyl groups excluding tert-OH is 1. The molecule has 0 fully saturated rings. The Morgan fingerprint density at radius 2 is 2.00 bits per heavy atom. The van der Waals surface area contributed by atoms with Crippen molar-refractivity contribution in [2.24, 2.45) is 5.41 Å². The number of hydrogen-bond donors (Lipinski definition) is 4. The van der Waals surface area contributed by atoms with Crippen molar-refractivity contribution in [1.82, 2.24) is 10.6 Å². The molecule has 11 heteroatoms. The molecule has 0 aromatic rings. The molecule has 2 amide bonds. The molecule has 0 spiro atoms. The summed E-state index contributed by atoms with van der Waals surface area (Å²) in [5.74, 6) is 0.0453. The molecule has 3 atom stereocenters. The standard InChI is InChI=1S/C12H26N2O6P2S/c1-12(2,8-20-22(18)19-3)10(16)11(17)14-5-4-9(15)13-6-7-23-21/h10,16,18H,4-8,21H2,1-3H3,(H,13,15)(H,14,17). The Morgan fingerprint density at radius 3 is 2.57 bits per heavy atom. The van der Waals surface area contributed by atoms with E-state index in [4.69, 9.17) is 4.52 Å². The molecule has 8 nitrogen and oxygen atoms in total. The minimum atomic E-state index is -2.01. The molecule has 0 aromatic carbocycles. The second-order valence-corrected chi connectivity index (χ2v) is 8.19. The molecule has 0 rings (SSSR count). The van der Waals surface area contributed by atoms with Crippen LogP contribution >= 0.6 is 28.4 Å². The third-order valence-corrected chi connectivity index (χ3v) is 4.69. The summed E-state index contributed by atoms with van der Waals surface area (Å²) in [5, 5.41) is 15.3. The van der Waals surface area contributed by atoms with E-state index in [0.717, 1.165) is 5.75 Å². The maximum absolute atomic E-state index is 11.9. The maximum Gasteiger partial charge on any atom is 0.329 e. The summed E-state index contributed by atoms with van der Waals surface area (Å²) in [6, 6.07) is 0. The lowest BCUT2D eigenvalue weighted by Crippen LogP contribution is -2.46. The van der Waals surface area contributed by atoms with Crippen LogP contribution in [0.5, 0.6) is 0 Å². The van der Waals surface area contributed by atoms with Crippen LogP contribution < -0.4 is 10.6 Å². The van der Waals surface area contributed by atoms with Crippen molar-refractivity contribution in [2.45, 2.75) is 26.4 Å². The largest absolute Gasteiger partial charge is 0.383 e. The molecule has 0 aliphatic heterocycles. The molecule has 136 valence electrons. The van der Waals surface area contributed by atoms with Crippen LogP contribution in [0.15, 0.2) is 0 Å². The minimum absolute atomic E-state index is 0.0508. The summed E-state index contributed by atoms with van der Waals surface area (Å²) in [7, 11) is 1.78. The van der Waals surface area contributed by atoms with E-state index >= 15 is 0 Å². The Hall–Kier alpha value is -0.0100. The first-order valence-electron chi connectivity index (χ1n) is 6.94. The predicted molar refractivity (Wildman–Crippen MR) is 94.7 cm³/mol. The van der Waals surface area contributed by atoms with E-state index in [1.807, 2.05) is 0 Å². The molecule has 0 aliphatic rings. The first-order chi connectivity index (χ1) is 10.7. The number of nitrogens with one attached hydrogen (secondary N) is 2. The lowest BCUT2D eigenvalue weighted by molar-refractivity contribution is -0.136. The molecular formula is C12H26N2O6P2S. The van der Waals surface area contributed by atoms with Gasteiger partial charge in [-0.3, -0.25) is 9.59 Å². The van der Waals surface area contributed by atoms with Crippen LogP contribution in [0.4, 0.5) is 0 Å². The van der Waals surface area contributed by atoms with Gasteiger partial charge in [-0.15, -0.1) is 11.4 Å². The fourth-order valence-corrected chi connectivity index (χ4v) is 2.56. The highest BCUT2D eigenvalue weighted by Gasteiger charge is 2.34. The lowest BCUT2D eigenvalue weighted by atomic mass is 9.87. The number of hydrogen-bond acceptors (Lipinski definition) is 7. The zero-order valence-corrected chi connectivity index (χ0v) is 16.4. The maximum atomic E-state index is 11.9. The molecule has 0 saturated carbocycles. The van der Waals surface area contributed by atoms with Crippen molar-refractivity contribution in [2.75, 3.05) is 32.6 Å². The highest BCUT2D eigenvalue weighted by molar-refractivity contribution is 8.43. The number of carbonyl (C=O) groups excluding carboxylic acids is 2. The average Bonchev–Trinajstić information content (AvgIpc) is 2.51. The Kier molecular flexibility index (Phi) is 12.4. The summed E-state index contributed by atoms with van der Waals surface area (Å²) < 4.78 is 9.60. The van der Waals surface area contributed by atoms with Crippen molar-refractivity contribution in [1.29, 1.82) is 0 Å². The molecule has 0 aliphatic carbocycles. The number of carbonyl (C=O) groups is 2. The zero-order valence-electron chi connectivity index (χ0n) is 13.6. The number of rotatable bonds is 12. The van der Waals surface area contributed by atoms with E-state index in [-0.39, 0.29) is 25.5 Å². The fraction of sp³-hybridized carbons (Fsp3) is 0.833. The third-order valence-electron chi connectivity index (χ3n) is 2.89. The van der Waals surface area contributed by atoms with Crippen molar-refractivity contribution < 1.29 is 28.6 Å². The van der Waals surface area contributed by atoms with Gasteiger partial charge in [0, 0.05) is 37.8 Å². The summed E-state index contributed by atoms with van der Waals surface area (Å²) in [6.07, 6.45) is -1.19. The summed E-state index contributed by atoms with van der Waals surface area (Å²) in [5.41, 5.74) is -0.912. The average molecular weight is 388 g/mol. The van der Waals surface area contributed by atoms with Crippen LogP contribution in [0.1, 0.15) is 20.3 Å². The normalized spacial score (nSPS) is 14.2. The van der Waals surface area contributed by atoms with Crippen molar-refractivity contribution in [3.8, 4) is 0 Å². The first kappa shape index (κ1) is 23.0. The second kappa shape index (κ2) is 12.4. The Bertz CT molecular complexity index is 375. The SMILES string of the molecule is COP(O)OCC(C)(C)C(O)C(=O)NCCC(=O)NCCSP. The van der Waals surface area contributed by atoms with Crippen molar-refractivity contribution in [3.63, 3.8) is 0 Å². The van der Waals surface area contributed by atoms with E-state index < -0.39 is 26.0 Å². The predicted octanol–water partition coefficient (Wildman–Crippen LogP) is 0.401. The van der Waals surface area contributed by atoms with Gasteiger partial charge < -0.3 is 29.7 Å². The lowest BCUT2D eigenvalue weighted by Gasteiger charge is -2.29. The number of amides is 2. The summed E-state index contributed by atoms with van der Waals surface area (Å²) >= 11 is 1.55. The van der Waals surface area contributed by atoms with Gasteiger partial charge in [-0.1, -0.05) is 22.3 Å². The van der Waals surface area contributed by atoms with E-state index in [9.17, 15) is 19.6 Å². The van der Waals surface area contributed by atoms with Gasteiger partial charge in [0.25, 0.3) is 0 Å². The van der Waals surface area contributed by atoms with E-state index in [2.05, 4.69) is 23.6 Å². The van der Waals surface area contributed by atoms with Gasteiger partial charge in [-0.2, -0.15) is 0 Å². The van der Waals surface area contributed by atoms with Gasteiger partial charge in [0.05, 0.1) is 6.61 Å². The zero-order chi connectivity index (χ0) is 17.9. The monoisotopic (exact) mass is 388 g/mol. The third kappa shape index (κ3) is 10.5. The van der Waals surface area contributed by atoms with Gasteiger partial charge in [0.2, 0.25) is 11.8 Å². The number of aliphatic hydroxyl groups is 1. The topological polar surface area (TPSA) is 117 Å². The molecule has 0 bridgehead atoms. The molecule has 4 N–H and O–H groups in total. The van der Waals surface area contributed by atoms with E-state index in [1.165, 1.54) is 7.11 Å². The highest BCUT2D eigenvalue weighted by Crippen LogP contribution is 2.35. The van der Waals surface area contributed by atoms with Crippen LogP contribution in [0.3, 0.4) is 0 Å². The van der Waals surface area contributed by atoms with Crippen LogP contribution in [-0.2, 0) is 18.6 Å². The minimum Gasteiger partial charge on any atom is -0.383 e. The smallest absolute Gasteiger partial charge is 0.329 e.